The minimum atomic E-state index is -4.11. The minimum Gasteiger partial charge on any atom is -0.456 e. The van der Waals surface area contributed by atoms with Gasteiger partial charge in [-0.15, -0.1) is 0 Å². The lowest BCUT2D eigenvalue weighted by atomic mass is 10.1. The van der Waals surface area contributed by atoms with Crippen molar-refractivity contribution in [3.63, 3.8) is 0 Å². The highest BCUT2D eigenvalue weighted by Crippen LogP contribution is 2.31. The average Bonchev–Trinajstić information content (AvgIpc) is 2.85. The van der Waals surface area contributed by atoms with E-state index in [2.05, 4.69) is 26.0 Å². The number of hydrogen-bond donors (Lipinski definition) is 2. The standard InChI is InChI=1S/C26H18BrCl2FN2O4S/c1-15-12-24(22(30)14-20(15)27)31-26(33)19-13-16(28)6-11-23(19)32-37(34,35)18-9-7-17(8-10-18)36-25-5-3-2-4-21(25)29/h2-14,32H,1H3,(H,31,33). The fourth-order valence-corrected chi connectivity index (χ4v) is 5.02. The van der Waals surface area contributed by atoms with Gasteiger partial charge in [-0.1, -0.05) is 51.3 Å². The van der Waals surface area contributed by atoms with Crippen LogP contribution in [0.2, 0.25) is 10.0 Å². The summed E-state index contributed by atoms with van der Waals surface area (Å²) in [6, 6.07) is 19.3. The number of hydrogen-bond acceptors (Lipinski definition) is 4. The molecule has 0 aliphatic carbocycles. The van der Waals surface area contributed by atoms with E-state index in [0.717, 1.165) is 0 Å². The van der Waals surface area contributed by atoms with E-state index in [4.69, 9.17) is 27.9 Å². The van der Waals surface area contributed by atoms with Crippen molar-refractivity contribution >= 4 is 66.4 Å². The first-order valence-corrected chi connectivity index (χ1v) is 13.7. The second-order valence-electron chi connectivity index (χ2n) is 7.83. The fourth-order valence-electron chi connectivity index (χ4n) is 3.28. The molecule has 0 spiro atoms. The van der Waals surface area contributed by atoms with Crippen LogP contribution in [-0.2, 0) is 10.0 Å². The van der Waals surface area contributed by atoms with Crippen LogP contribution < -0.4 is 14.8 Å². The summed E-state index contributed by atoms with van der Waals surface area (Å²) >= 11 is 15.4. The van der Waals surface area contributed by atoms with Crippen molar-refractivity contribution < 1.29 is 22.3 Å². The van der Waals surface area contributed by atoms with Crippen LogP contribution in [0.3, 0.4) is 0 Å². The molecule has 0 saturated heterocycles. The molecule has 0 atom stereocenters. The Balaban J connectivity index is 1.57. The lowest BCUT2D eigenvalue weighted by molar-refractivity contribution is 0.102. The predicted octanol–water partition coefficient (Wildman–Crippen LogP) is 8.05. The van der Waals surface area contributed by atoms with Crippen molar-refractivity contribution in [2.75, 3.05) is 10.0 Å². The van der Waals surface area contributed by atoms with E-state index in [0.29, 0.717) is 26.6 Å². The van der Waals surface area contributed by atoms with Gasteiger partial charge in [-0.25, -0.2) is 12.8 Å². The van der Waals surface area contributed by atoms with Gasteiger partial charge in [-0.3, -0.25) is 9.52 Å². The summed E-state index contributed by atoms with van der Waals surface area (Å²) in [7, 11) is -4.11. The van der Waals surface area contributed by atoms with Crippen molar-refractivity contribution in [3.8, 4) is 11.5 Å². The molecule has 6 nitrogen and oxygen atoms in total. The van der Waals surface area contributed by atoms with E-state index in [1.165, 1.54) is 54.6 Å². The van der Waals surface area contributed by atoms with Gasteiger partial charge in [-0.05, 0) is 79.2 Å². The molecule has 1 amide bonds. The number of ether oxygens (including phenoxy) is 1. The van der Waals surface area contributed by atoms with Gasteiger partial charge in [0, 0.05) is 9.50 Å². The highest BCUT2D eigenvalue weighted by atomic mass is 79.9. The van der Waals surface area contributed by atoms with Crippen LogP contribution in [0.5, 0.6) is 11.5 Å². The number of amides is 1. The zero-order valence-electron chi connectivity index (χ0n) is 19.1. The molecule has 0 aliphatic heterocycles. The quantitative estimate of drug-likeness (QED) is 0.218. The summed E-state index contributed by atoms with van der Waals surface area (Å²) in [6.07, 6.45) is 0. The van der Waals surface area contributed by atoms with Gasteiger partial charge >= 0.3 is 0 Å². The van der Waals surface area contributed by atoms with Gasteiger partial charge in [-0.2, -0.15) is 0 Å². The van der Waals surface area contributed by atoms with E-state index in [1.807, 2.05) is 0 Å². The summed E-state index contributed by atoms with van der Waals surface area (Å²) in [4.78, 5) is 12.9. The number of halogens is 4. The van der Waals surface area contributed by atoms with Crippen LogP contribution in [0.15, 0.2) is 88.2 Å². The zero-order chi connectivity index (χ0) is 26.7. The number of para-hydroxylation sites is 1. The Labute approximate surface area is 231 Å². The molecule has 4 rings (SSSR count). The summed E-state index contributed by atoms with van der Waals surface area (Å²) in [5, 5.41) is 3.07. The molecule has 0 aromatic heterocycles. The maximum Gasteiger partial charge on any atom is 0.261 e. The molecule has 0 fully saturated rings. The Morgan fingerprint density at radius 2 is 1.65 bits per heavy atom. The molecule has 2 N–H and O–H groups in total. The molecule has 190 valence electrons. The second-order valence-corrected chi connectivity index (χ2v) is 11.2. The second kappa shape index (κ2) is 11.1. The average molecular weight is 624 g/mol. The molecular formula is C26H18BrCl2FN2O4S. The normalized spacial score (nSPS) is 11.2. The fraction of sp³-hybridized carbons (Fsp3) is 0.0385. The number of anilines is 2. The lowest BCUT2D eigenvalue weighted by Gasteiger charge is -2.14. The Morgan fingerprint density at radius 1 is 0.946 bits per heavy atom. The van der Waals surface area contributed by atoms with E-state index in [9.17, 15) is 17.6 Å². The SMILES string of the molecule is Cc1cc(NC(=O)c2cc(Cl)ccc2NS(=O)(=O)c2ccc(Oc3ccccc3Cl)cc2)c(F)cc1Br. The van der Waals surface area contributed by atoms with Crippen LogP contribution >= 0.6 is 39.1 Å². The molecule has 11 heteroatoms. The molecule has 0 heterocycles. The monoisotopic (exact) mass is 622 g/mol. The third kappa shape index (κ3) is 6.42. The van der Waals surface area contributed by atoms with Gasteiger partial charge in [0.05, 0.1) is 26.9 Å². The van der Waals surface area contributed by atoms with Crippen LogP contribution in [-0.4, -0.2) is 14.3 Å². The number of carbonyl (C=O) groups excluding carboxylic acids is 1. The Hall–Kier alpha value is -3.11. The first-order valence-electron chi connectivity index (χ1n) is 10.7. The molecule has 0 saturated carbocycles. The molecule has 0 bridgehead atoms. The highest BCUT2D eigenvalue weighted by Gasteiger charge is 2.21. The molecule has 0 radical (unpaired) electrons. The van der Waals surface area contributed by atoms with Gasteiger partial charge in [0.15, 0.2) is 0 Å². The lowest BCUT2D eigenvalue weighted by Crippen LogP contribution is -2.19. The smallest absolute Gasteiger partial charge is 0.261 e. The molecule has 4 aromatic carbocycles. The molecule has 0 unspecified atom stereocenters. The molecular weight excluding hydrogens is 606 g/mol. The van der Waals surface area contributed by atoms with Crippen molar-refractivity contribution in [2.24, 2.45) is 0 Å². The van der Waals surface area contributed by atoms with E-state index < -0.39 is 21.7 Å². The van der Waals surface area contributed by atoms with Crippen LogP contribution in [0.1, 0.15) is 15.9 Å². The first-order chi connectivity index (χ1) is 17.5. The zero-order valence-corrected chi connectivity index (χ0v) is 23.0. The predicted molar refractivity (Wildman–Crippen MR) is 147 cm³/mol. The first kappa shape index (κ1) is 26.9. The van der Waals surface area contributed by atoms with Gasteiger partial charge < -0.3 is 10.1 Å². The minimum absolute atomic E-state index is 0.0347. The molecule has 37 heavy (non-hydrogen) atoms. The van der Waals surface area contributed by atoms with Gasteiger partial charge in [0.25, 0.3) is 15.9 Å². The van der Waals surface area contributed by atoms with Crippen molar-refractivity contribution in [2.45, 2.75) is 11.8 Å². The Kier molecular flexibility index (Phi) is 8.08. The Morgan fingerprint density at radius 3 is 2.35 bits per heavy atom. The van der Waals surface area contributed by atoms with E-state index >= 15 is 0 Å². The highest BCUT2D eigenvalue weighted by molar-refractivity contribution is 9.10. The molecule has 4 aromatic rings. The van der Waals surface area contributed by atoms with Gasteiger partial charge in [0.1, 0.15) is 17.3 Å². The largest absolute Gasteiger partial charge is 0.456 e. The van der Waals surface area contributed by atoms with Crippen LogP contribution in [0.25, 0.3) is 0 Å². The van der Waals surface area contributed by atoms with Crippen molar-refractivity contribution in [3.05, 3.63) is 110 Å². The Bertz CT molecular complexity index is 1600. The number of carbonyl (C=O) groups is 1. The van der Waals surface area contributed by atoms with Crippen LogP contribution in [0, 0.1) is 12.7 Å². The third-order valence-corrected chi connectivity index (χ3v) is 7.95. The van der Waals surface area contributed by atoms with E-state index in [-0.39, 0.29) is 26.9 Å². The number of nitrogens with one attached hydrogen (secondary N) is 2. The number of rotatable bonds is 7. The number of aryl methyl sites for hydroxylation is 1. The summed E-state index contributed by atoms with van der Waals surface area (Å²) in [6.45, 7) is 1.74. The summed E-state index contributed by atoms with van der Waals surface area (Å²) in [5.74, 6) is -0.601. The van der Waals surface area contributed by atoms with Crippen molar-refractivity contribution in [1.82, 2.24) is 0 Å². The van der Waals surface area contributed by atoms with E-state index in [1.54, 1.807) is 31.2 Å². The van der Waals surface area contributed by atoms with Crippen molar-refractivity contribution in [1.29, 1.82) is 0 Å². The summed E-state index contributed by atoms with van der Waals surface area (Å²) < 4.78 is 49.2. The summed E-state index contributed by atoms with van der Waals surface area (Å²) in [5.41, 5.74) is 0.515. The van der Waals surface area contributed by atoms with Crippen LogP contribution in [0.4, 0.5) is 15.8 Å². The maximum atomic E-state index is 14.4. The third-order valence-electron chi connectivity index (χ3n) is 5.17. The molecule has 0 aliphatic rings. The number of benzene rings is 4. The van der Waals surface area contributed by atoms with Gasteiger partial charge in [0.2, 0.25) is 0 Å². The number of sulfonamides is 1. The maximum absolute atomic E-state index is 14.4. The topological polar surface area (TPSA) is 84.5 Å².